The van der Waals surface area contributed by atoms with Gasteiger partial charge in [0, 0.05) is 11.2 Å². The van der Waals surface area contributed by atoms with Crippen LogP contribution in [-0.4, -0.2) is 40.8 Å². The van der Waals surface area contributed by atoms with Crippen molar-refractivity contribution in [3.05, 3.63) is 94.0 Å². The lowest BCUT2D eigenvalue weighted by molar-refractivity contribution is -0.131. The molecule has 0 aliphatic carbocycles. The maximum atomic E-state index is 13.1. The van der Waals surface area contributed by atoms with Crippen molar-refractivity contribution in [2.24, 2.45) is 10.9 Å². The Bertz CT molecular complexity index is 1500. The number of nitrogens with zero attached hydrogens (tertiary/aromatic N) is 3. The second kappa shape index (κ2) is 9.44. The molecule has 0 spiro atoms. The van der Waals surface area contributed by atoms with Gasteiger partial charge in [-0.25, -0.2) is 9.69 Å². The third-order valence-corrected chi connectivity index (χ3v) is 6.44. The van der Waals surface area contributed by atoms with Crippen molar-refractivity contribution in [2.75, 3.05) is 4.90 Å². The maximum absolute atomic E-state index is 13.1. The Balaban J connectivity index is 1.38. The van der Waals surface area contributed by atoms with Crippen LogP contribution >= 0.6 is 11.6 Å². The minimum Gasteiger partial charge on any atom is -0.276 e. The zero-order chi connectivity index (χ0) is 26.3. The molecule has 184 valence electrons. The van der Waals surface area contributed by atoms with Crippen molar-refractivity contribution in [3.8, 4) is 0 Å². The monoisotopic (exact) mass is 514 g/mol. The number of nitrogens with one attached hydrogen (secondary N) is 1. The van der Waals surface area contributed by atoms with Crippen molar-refractivity contribution < 1.29 is 24.0 Å². The lowest BCUT2D eigenvalue weighted by Gasteiger charge is -2.28. The molecule has 2 heterocycles. The number of barbiturate groups is 1. The molecule has 1 fully saturated rings. The third-order valence-electron chi connectivity index (χ3n) is 6.07. The lowest BCUT2D eigenvalue weighted by Crippen LogP contribution is -2.58. The fraction of sp³-hybridized carbons (Fsp3) is 0.111. The van der Waals surface area contributed by atoms with Gasteiger partial charge in [-0.05, 0) is 60.5 Å². The van der Waals surface area contributed by atoms with E-state index in [0.717, 1.165) is 21.6 Å². The van der Waals surface area contributed by atoms with E-state index in [0.29, 0.717) is 33.1 Å². The molecule has 2 aliphatic rings. The van der Waals surface area contributed by atoms with Crippen LogP contribution in [0.4, 0.5) is 16.2 Å². The third kappa shape index (κ3) is 4.41. The van der Waals surface area contributed by atoms with Gasteiger partial charge in [-0.2, -0.15) is 0 Å². The Morgan fingerprint density at radius 2 is 1.62 bits per heavy atom. The number of halogens is 1. The molecular formula is C27H19ClN4O5. The number of anilines is 1. The van der Waals surface area contributed by atoms with E-state index < -0.39 is 35.6 Å². The van der Waals surface area contributed by atoms with Crippen LogP contribution in [0.3, 0.4) is 0 Å². The topological polar surface area (TPSA) is 116 Å². The number of hydrogen-bond acceptors (Lipinski definition) is 6. The molecule has 1 unspecified atom stereocenters. The Morgan fingerprint density at radius 3 is 2.30 bits per heavy atom. The lowest BCUT2D eigenvalue weighted by atomic mass is 10.1. The van der Waals surface area contributed by atoms with Gasteiger partial charge in [-0.15, -0.1) is 0 Å². The zero-order valence-corrected chi connectivity index (χ0v) is 20.2. The summed E-state index contributed by atoms with van der Waals surface area (Å²) in [6, 6.07) is 17.2. The van der Waals surface area contributed by atoms with Gasteiger partial charge in [-0.1, -0.05) is 35.9 Å². The number of benzene rings is 3. The molecule has 0 bridgehead atoms. The number of carbonyl (C=O) groups is 5. The molecule has 37 heavy (non-hydrogen) atoms. The summed E-state index contributed by atoms with van der Waals surface area (Å²) in [5.41, 5.74) is 2.63. The van der Waals surface area contributed by atoms with E-state index in [-0.39, 0.29) is 6.54 Å². The molecule has 2 aliphatic heterocycles. The number of fused-ring (bicyclic) bond motifs is 1. The first-order valence-electron chi connectivity index (χ1n) is 11.3. The molecule has 9 nitrogen and oxygen atoms in total. The summed E-state index contributed by atoms with van der Waals surface area (Å²) in [4.78, 5) is 69.6. The SMILES string of the molecule is Cc1cccc(N2C(=O)NC(=O)C(C=Nc3ccc(Cl)c(CN4C(=O)c5ccccc5C4=O)c3)C2=O)c1. The quantitative estimate of drug-likeness (QED) is 0.313. The fourth-order valence-corrected chi connectivity index (χ4v) is 4.39. The predicted octanol–water partition coefficient (Wildman–Crippen LogP) is 4.05. The van der Waals surface area contributed by atoms with E-state index in [1.165, 1.54) is 0 Å². The van der Waals surface area contributed by atoms with Gasteiger partial charge in [0.05, 0.1) is 29.0 Å². The highest BCUT2D eigenvalue weighted by Gasteiger charge is 2.40. The number of carbonyl (C=O) groups excluding carboxylic acids is 5. The van der Waals surface area contributed by atoms with Gasteiger partial charge in [0.2, 0.25) is 5.91 Å². The van der Waals surface area contributed by atoms with Crippen LogP contribution in [0.25, 0.3) is 0 Å². The molecule has 0 saturated carbocycles. The standard InChI is InChI=1S/C27H19ClN4O5/c1-15-5-4-6-18(11-15)32-26(36)21(23(33)30-27(32)37)13-29-17-9-10-22(28)16(12-17)14-31-24(34)19-7-2-3-8-20(19)25(31)35/h2-13,21H,14H2,1H3,(H,30,33,37). The number of aryl methyl sites for hydroxylation is 1. The molecule has 0 aromatic heterocycles. The first-order valence-corrected chi connectivity index (χ1v) is 11.7. The molecule has 6 amide bonds. The van der Waals surface area contributed by atoms with E-state index >= 15 is 0 Å². The van der Waals surface area contributed by atoms with E-state index in [4.69, 9.17) is 11.6 Å². The second-order valence-electron chi connectivity index (χ2n) is 8.58. The van der Waals surface area contributed by atoms with Crippen molar-refractivity contribution in [1.29, 1.82) is 0 Å². The van der Waals surface area contributed by atoms with E-state index in [2.05, 4.69) is 10.3 Å². The van der Waals surface area contributed by atoms with E-state index in [1.54, 1.807) is 60.7 Å². The van der Waals surface area contributed by atoms with Gasteiger partial charge < -0.3 is 0 Å². The normalized spacial score (nSPS) is 17.6. The molecule has 3 aromatic carbocycles. The summed E-state index contributed by atoms with van der Waals surface area (Å²) in [6.07, 6.45) is 1.15. The number of imide groups is 3. The summed E-state index contributed by atoms with van der Waals surface area (Å²) in [6.45, 7) is 1.74. The van der Waals surface area contributed by atoms with Gasteiger partial charge in [0.1, 0.15) is 0 Å². The minimum absolute atomic E-state index is 0.0764. The van der Waals surface area contributed by atoms with Crippen LogP contribution in [0.1, 0.15) is 31.8 Å². The fourth-order valence-electron chi connectivity index (χ4n) is 4.21. The van der Waals surface area contributed by atoms with Gasteiger partial charge in [0.15, 0.2) is 5.92 Å². The first-order chi connectivity index (χ1) is 17.7. The smallest absolute Gasteiger partial charge is 0.276 e. The molecule has 1 N–H and O–H groups in total. The molecule has 10 heteroatoms. The Kier molecular flexibility index (Phi) is 6.14. The molecular weight excluding hydrogens is 496 g/mol. The van der Waals surface area contributed by atoms with Crippen molar-refractivity contribution >= 4 is 58.9 Å². The number of aliphatic imine (C=N–C) groups is 1. The van der Waals surface area contributed by atoms with Crippen LogP contribution in [0.5, 0.6) is 0 Å². The highest BCUT2D eigenvalue weighted by molar-refractivity contribution is 6.33. The van der Waals surface area contributed by atoms with Crippen LogP contribution in [0.15, 0.2) is 71.7 Å². The summed E-state index contributed by atoms with van der Waals surface area (Å²) < 4.78 is 0. The van der Waals surface area contributed by atoms with E-state index in [1.807, 2.05) is 13.0 Å². The van der Waals surface area contributed by atoms with Crippen LogP contribution in [-0.2, 0) is 16.1 Å². The van der Waals surface area contributed by atoms with Gasteiger partial charge in [-0.3, -0.25) is 34.4 Å². The number of rotatable bonds is 5. The van der Waals surface area contributed by atoms with Crippen LogP contribution in [0, 0.1) is 12.8 Å². The highest BCUT2D eigenvalue weighted by Crippen LogP contribution is 2.29. The van der Waals surface area contributed by atoms with E-state index in [9.17, 15) is 24.0 Å². The summed E-state index contributed by atoms with van der Waals surface area (Å²) in [5, 5.41) is 2.50. The molecule has 5 rings (SSSR count). The Labute approximate surface area is 216 Å². The van der Waals surface area contributed by atoms with Gasteiger partial charge >= 0.3 is 6.03 Å². The maximum Gasteiger partial charge on any atom is 0.335 e. The summed E-state index contributed by atoms with van der Waals surface area (Å²) >= 11 is 6.33. The average molecular weight is 515 g/mol. The highest BCUT2D eigenvalue weighted by atomic mass is 35.5. The largest absolute Gasteiger partial charge is 0.335 e. The number of urea groups is 1. The zero-order valence-electron chi connectivity index (χ0n) is 19.5. The number of amides is 6. The van der Waals surface area contributed by atoms with Crippen molar-refractivity contribution in [3.63, 3.8) is 0 Å². The Morgan fingerprint density at radius 1 is 0.919 bits per heavy atom. The predicted molar refractivity (Wildman–Crippen MR) is 136 cm³/mol. The molecule has 0 radical (unpaired) electrons. The van der Waals surface area contributed by atoms with Crippen molar-refractivity contribution in [1.82, 2.24) is 10.2 Å². The van der Waals surface area contributed by atoms with Crippen LogP contribution in [0.2, 0.25) is 5.02 Å². The van der Waals surface area contributed by atoms with Crippen LogP contribution < -0.4 is 10.2 Å². The first kappa shape index (κ1) is 24.1. The molecule has 1 saturated heterocycles. The molecule has 1 atom stereocenters. The summed E-state index contributed by atoms with van der Waals surface area (Å²) in [5.74, 6) is -3.70. The second-order valence-corrected chi connectivity index (χ2v) is 8.99. The number of hydrogen-bond donors (Lipinski definition) is 1. The minimum atomic E-state index is -1.34. The summed E-state index contributed by atoms with van der Waals surface area (Å²) in [7, 11) is 0. The average Bonchev–Trinajstić information content (AvgIpc) is 3.10. The van der Waals surface area contributed by atoms with Crippen molar-refractivity contribution in [2.45, 2.75) is 13.5 Å². The Hall–Kier alpha value is -4.63. The molecule has 3 aromatic rings. The van der Waals surface area contributed by atoms with Gasteiger partial charge in [0.25, 0.3) is 17.7 Å².